The molecule has 0 aliphatic heterocycles. The molecule has 0 radical (unpaired) electrons. The second-order valence-electron chi connectivity index (χ2n) is 6.72. The van der Waals surface area contributed by atoms with E-state index in [0.717, 1.165) is 6.54 Å². The minimum absolute atomic E-state index is 1.08. The number of imidazole rings is 1. The van der Waals surface area contributed by atoms with Crippen LogP contribution in [0.15, 0.2) is 18.7 Å². The largest absolute Gasteiger partial charge is 0.243 e. The Morgan fingerprint density at radius 1 is 0.682 bits per heavy atom. The highest BCUT2D eigenvalue weighted by Gasteiger charge is 2.01. The summed E-state index contributed by atoms with van der Waals surface area (Å²) in [6.07, 6.45) is 25.2. The van der Waals surface area contributed by atoms with Gasteiger partial charge in [0.25, 0.3) is 0 Å². The van der Waals surface area contributed by atoms with Gasteiger partial charge in [0.05, 0.1) is 13.1 Å². The van der Waals surface area contributed by atoms with Crippen LogP contribution in [0.3, 0.4) is 0 Å². The molecule has 0 saturated heterocycles. The van der Waals surface area contributed by atoms with Crippen LogP contribution in [0.4, 0.5) is 0 Å². The van der Waals surface area contributed by atoms with E-state index in [1.165, 1.54) is 90.0 Å². The van der Waals surface area contributed by atoms with Crippen molar-refractivity contribution >= 4 is 0 Å². The molecule has 1 heterocycles. The molecule has 0 aromatic carbocycles. The normalized spacial score (nSPS) is 11.2. The van der Waals surface area contributed by atoms with Crippen molar-refractivity contribution in [2.75, 3.05) is 0 Å². The predicted octanol–water partition coefficient (Wildman–Crippen LogP) is 5.89. The Morgan fingerprint density at radius 3 is 1.64 bits per heavy atom. The van der Waals surface area contributed by atoms with Gasteiger partial charge in [0.2, 0.25) is 6.33 Å². The van der Waals surface area contributed by atoms with Crippen LogP contribution in [0.1, 0.15) is 97.3 Å². The predicted molar refractivity (Wildman–Crippen MR) is 96.0 cm³/mol. The molecular weight excluding hydrogens is 268 g/mol. The number of rotatable bonds is 15. The topological polar surface area (TPSA) is 8.81 Å². The SMILES string of the molecule is CCCCCCCCCCCCCCC[n+]1ccn(CC)c1. The van der Waals surface area contributed by atoms with Gasteiger partial charge in [-0.3, -0.25) is 0 Å². The highest BCUT2D eigenvalue weighted by Crippen LogP contribution is 2.12. The fourth-order valence-corrected chi connectivity index (χ4v) is 3.07. The molecule has 0 amide bonds. The maximum absolute atomic E-state index is 2.32. The lowest BCUT2D eigenvalue weighted by molar-refractivity contribution is -0.696. The van der Waals surface area contributed by atoms with Crippen molar-refractivity contribution in [3.05, 3.63) is 18.7 Å². The molecule has 0 atom stereocenters. The molecule has 0 bridgehead atoms. The minimum Gasteiger partial charge on any atom is -0.237 e. The van der Waals surface area contributed by atoms with Crippen molar-refractivity contribution in [2.24, 2.45) is 0 Å². The summed E-state index contributed by atoms with van der Waals surface area (Å²) in [5, 5.41) is 0. The van der Waals surface area contributed by atoms with E-state index < -0.39 is 0 Å². The van der Waals surface area contributed by atoms with Crippen molar-refractivity contribution in [3.63, 3.8) is 0 Å². The van der Waals surface area contributed by atoms with E-state index >= 15 is 0 Å². The van der Waals surface area contributed by atoms with E-state index in [9.17, 15) is 0 Å². The molecule has 0 fully saturated rings. The zero-order valence-electron chi connectivity index (χ0n) is 15.2. The Balaban J connectivity index is 1.78. The van der Waals surface area contributed by atoms with Crippen molar-refractivity contribution < 1.29 is 4.57 Å². The smallest absolute Gasteiger partial charge is 0.237 e. The van der Waals surface area contributed by atoms with Crippen molar-refractivity contribution in [1.82, 2.24) is 4.57 Å². The third-order valence-electron chi connectivity index (χ3n) is 4.63. The minimum atomic E-state index is 1.08. The number of hydrogen-bond acceptors (Lipinski definition) is 0. The van der Waals surface area contributed by atoms with Crippen LogP contribution in [-0.2, 0) is 13.1 Å². The molecular formula is C20H39N2+. The Hall–Kier alpha value is -0.790. The average molecular weight is 308 g/mol. The molecule has 1 aromatic heterocycles. The Labute approximate surface area is 138 Å². The van der Waals surface area contributed by atoms with E-state index in [2.05, 4.69) is 41.7 Å². The first-order chi connectivity index (χ1) is 10.9. The third-order valence-corrected chi connectivity index (χ3v) is 4.63. The quantitative estimate of drug-likeness (QED) is 0.282. The van der Waals surface area contributed by atoms with Crippen LogP contribution in [0.25, 0.3) is 0 Å². The highest BCUT2D eigenvalue weighted by molar-refractivity contribution is 4.64. The standard InChI is InChI=1S/C20H39N2/c1-3-5-6-7-8-9-10-11-12-13-14-15-16-17-22-19-18-21(4-2)20-22/h18-20H,3-17H2,1-2H3/q+1. The van der Waals surface area contributed by atoms with Gasteiger partial charge in [0.15, 0.2) is 0 Å². The van der Waals surface area contributed by atoms with Gasteiger partial charge in [-0.1, -0.05) is 77.6 Å². The van der Waals surface area contributed by atoms with Crippen LogP contribution < -0.4 is 4.57 Å². The Kier molecular flexibility index (Phi) is 12.1. The summed E-state index contributed by atoms with van der Waals surface area (Å²) < 4.78 is 4.56. The molecule has 0 aliphatic carbocycles. The number of aryl methyl sites for hydroxylation is 2. The first kappa shape index (κ1) is 19.3. The molecule has 1 aromatic rings. The molecule has 0 unspecified atom stereocenters. The molecule has 2 heteroatoms. The zero-order chi connectivity index (χ0) is 15.9. The van der Waals surface area contributed by atoms with Gasteiger partial charge in [0, 0.05) is 0 Å². The van der Waals surface area contributed by atoms with Gasteiger partial charge in [-0.25, -0.2) is 9.13 Å². The molecule has 1 rings (SSSR count). The highest BCUT2D eigenvalue weighted by atomic mass is 15.1. The molecule has 0 saturated carbocycles. The zero-order valence-corrected chi connectivity index (χ0v) is 15.2. The maximum atomic E-state index is 2.32. The molecule has 0 spiro atoms. The molecule has 2 nitrogen and oxygen atoms in total. The summed E-state index contributed by atoms with van der Waals surface area (Å²) in [7, 11) is 0. The first-order valence-corrected chi connectivity index (χ1v) is 9.91. The molecule has 0 aliphatic rings. The maximum Gasteiger partial charge on any atom is 0.243 e. The summed E-state index contributed by atoms with van der Waals surface area (Å²) in [5.41, 5.74) is 0. The van der Waals surface area contributed by atoms with Crippen LogP contribution in [-0.4, -0.2) is 4.57 Å². The lowest BCUT2D eigenvalue weighted by atomic mass is 10.0. The van der Waals surface area contributed by atoms with Crippen LogP contribution in [0.5, 0.6) is 0 Å². The summed E-state index contributed by atoms with van der Waals surface area (Å²) >= 11 is 0. The van der Waals surface area contributed by atoms with Gasteiger partial charge < -0.3 is 0 Å². The van der Waals surface area contributed by atoms with Gasteiger partial charge in [0.1, 0.15) is 12.4 Å². The fourth-order valence-electron chi connectivity index (χ4n) is 3.07. The molecule has 0 N–H and O–H groups in total. The van der Waals surface area contributed by atoms with E-state index in [4.69, 9.17) is 0 Å². The lowest BCUT2D eigenvalue weighted by Crippen LogP contribution is -2.30. The van der Waals surface area contributed by atoms with Gasteiger partial charge >= 0.3 is 0 Å². The van der Waals surface area contributed by atoms with Gasteiger partial charge in [-0.05, 0) is 19.8 Å². The van der Waals surface area contributed by atoms with Crippen molar-refractivity contribution in [3.8, 4) is 0 Å². The summed E-state index contributed by atoms with van der Waals surface area (Å²) in [4.78, 5) is 0. The van der Waals surface area contributed by atoms with Gasteiger partial charge in [-0.2, -0.15) is 0 Å². The monoisotopic (exact) mass is 307 g/mol. The van der Waals surface area contributed by atoms with E-state index in [0.29, 0.717) is 0 Å². The van der Waals surface area contributed by atoms with Crippen LogP contribution in [0, 0.1) is 0 Å². The number of hydrogen-bond donors (Lipinski definition) is 0. The summed E-state index contributed by atoms with van der Waals surface area (Å²) in [6, 6.07) is 0. The number of unbranched alkanes of at least 4 members (excludes halogenated alkanes) is 12. The molecule has 22 heavy (non-hydrogen) atoms. The average Bonchev–Trinajstić information content (AvgIpc) is 3.00. The van der Waals surface area contributed by atoms with Crippen molar-refractivity contribution in [2.45, 2.75) is 110 Å². The second kappa shape index (κ2) is 13.8. The summed E-state index contributed by atoms with van der Waals surface area (Å²) in [5.74, 6) is 0. The third kappa shape index (κ3) is 10.0. The van der Waals surface area contributed by atoms with Gasteiger partial charge in [-0.15, -0.1) is 0 Å². The Bertz CT molecular complexity index is 343. The Morgan fingerprint density at radius 2 is 1.18 bits per heavy atom. The lowest BCUT2D eigenvalue weighted by Gasteiger charge is -2.02. The summed E-state index contributed by atoms with van der Waals surface area (Å²) in [6.45, 7) is 6.74. The van der Waals surface area contributed by atoms with E-state index in [-0.39, 0.29) is 0 Å². The van der Waals surface area contributed by atoms with Crippen molar-refractivity contribution in [1.29, 1.82) is 0 Å². The number of aromatic nitrogens is 2. The second-order valence-corrected chi connectivity index (χ2v) is 6.72. The van der Waals surface area contributed by atoms with Crippen LogP contribution >= 0.6 is 0 Å². The van der Waals surface area contributed by atoms with E-state index in [1.54, 1.807) is 0 Å². The molecule has 128 valence electrons. The van der Waals surface area contributed by atoms with Crippen LogP contribution in [0.2, 0.25) is 0 Å². The van der Waals surface area contributed by atoms with E-state index in [1.807, 2.05) is 0 Å². The first-order valence-electron chi connectivity index (χ1n) is 9.91. The fraction of sp³-hybridized carbons (Fsp3) is 0.850. The number of nitrogens with zero attached hydrogens (tertiary/aromatic N) is 2.